The maximum absolute atomic E-state index is 6.08. The van der Waals surface area contributed by atoms with Crippen molar-refractivity contribution >= 4 is 0 Å². The Morgan fingerprint density at radius 2 is 1.74 bits per heavy atom. The van der Waals surface area contributed by atoms with Crippen molar-refractivity contribution in [2.45, 2.75) is 58.4 Å². The van der Waals surface area contributed by atoms with Gasteiger partial charge in [0.15, 0.2) is 0 Å². The SMILES string of the molecule is CCC1(CC)CCN(C(CN)C2CCOCC2)CC1. The van der Waals surface area contributed by atoms with E-state index >= 15 is 0 Å². The van der Waals surface area contributed by atoms with Crippen molar-refractivity contribution in [1.82, 2.24) is 4.90 Å². The van der Waals surface area contributed by atoms with Gasteiger partial charge in [-0.25, -0.2) is 0 Å². The van der Waals surface area contributed by atoms with Crippen LogP contribution in [0.4, 0.5) is 0 Å². The fraction of sp³-hybridized carbons (Fsp3) is 1.00. The fourth-order valence-electron chi connectivity index (χ4n) is 4.03. The third kappa shape index (κ3) is 3.50. The van der Waals surface area contributed by atoms with Crippen LogP contribution in [0.2, 0.25) is 0 Å². The topological polar surface area (TPSA) is 38.5 Å². The molecule has 0 radical (unpaired) electrons. The third-order valence-electron chi connectivity index (χ3n) is 5.88. The first-order valence-electron chi connectivity index (χ1n) is 8.26. The van der Waals surface area contributed by atoms with E-state index in [1.54, 1.807) is 0 Å². The molecule has 2 heterocycles. The molecule has 19 heavy (non-hydrogen) atoms. The lowest BCUT2D eigenvalue weighted by atomic mass is 9.73. The highest BCUT2D eigenvalue weighted by molar-refractivity contribution is 4.89. The molecule has 0 aliphatic carbocycles. The highest BCUT2D eigenvalue weighted by Crippen LogP contribution is 2.39. The van der Waals surface area contributed by atoms with Gasteiger partial charge in [0.2, 0.25) is 0 Å². The van der Waals surface area contributed by atoms with Crippen LogP contribution in [-0.4, -0.2) is 43.8 Å². The first kappa shape index (κ1) is 15.3. The molecule has 2 aliphatic heterocycles. The van der Waals surface area contributed by atoms with Gasteiger partial charge in [-0.3, -0.25) is 4.90 Å². The van der Waals surface area contributed by atoms with Crippen molar-refractivity contribution in [2.24, 2.45) is 17.1 Å². The minimum Gasteiger partial charge on any atom is -0.381 e. The van der Waals surface area contributed by atoms with Crippen LogP contribution >= 0.6 is 0 Å². The highest BCUT2D eigenvalue weighted by Gasteiger charge is 2.35. The van der Waals surface area contributed by atoms with Crippen LogP contribution in [-0.2, 0) is 4.74 Å². The minimum atomic E-state index is 0.593. The smallest absolute Gasteiger partial charge is 0.0469 e. The quantitative estimate of drug-likeness (QED) is 0.833. The van der Waals surface area contributed by atoms with Crippen molar-refractivity contribution in [3.05, 3.63) is 0 Å². The summed E-state index contributed by atoms with van der Waals surface area (Å²) in [6.07, 6.45) is 7.79. The van der Waals surface area contributed by atoms with Crippen LogP contribution in [0.5, 0.6) is 0 Å². The Kier molecular flexibility index (Phi) is 5.67. The van der Waals surface area contributed by atoms with Gasteiger partial charge in [-0.05, 0) is 50.1 Å². The van der Waals surface area contributed by atoms with Gasteiger partial charge in [-0.15, -0.1) is 0 Å². The van der Waals surface area contributed by atoms with E-state index in [0.717, 1.165) is 25.7 Å². The molecule has 0 amide bonds. The summed E-state index contributed by atoms with van der Waals surface area (Å²) in [5.74, 6) is 0.759. The predicted molar refractivity (Wildman–Crippen MR) is 80.2 cm³/mol. The molecule has 2 fully saturated rings. The zero-order valence-corrected chi connectivity index (χ0v) is 12.9. The van der Waals surface area contributed by atoms with E-state index in [1.165, 1.54) is 51.6 Å². The average Bonchev–Trinajstić information content (AvgIpc) is 2.50. The number of nitrogens with two attached hydrogens (primary N) is 1. The summed E-state index contributed by atoms with van der Waals surface area (Å²) in [5.41, 5.74) is 6.70. The van der Waals surface area contributed by atoms with E-state index < -0.39 is 0 Å². The van der Waals surface area contributed by atoms with Crippen molar-refractivity contribution in [2.75, 3.05) is 32.8 Å². The van der Waals surface area contributed by atoms with Crippen molar-refractivity contribution in [3.63, 3.8) is 0 Å². The first-order chi connectivity index (χ1) is 9.24. The first-order valence-corrected chi connectivity index (χ1v) is 8.26. The summed E-state index contributed by atoms with van der Waals surface area (Å²) in [5, 5.41) is 0. The molecule has 0 bridgehead atoms. The van der Waals surface area contributed by atoms with E-state index in [1.807, 2.05) is 0 Å². The third-order valence-corrected chi connectivity index (χ3v) is 5.88. The van der Waals surface area contributed by atoms with E-state index in [2.05, 4.69) is 18.7 Å². The number of hydrogen-bond donors (Lipinski definition) is 1. The predicted octanol–water partition coefficient (Wildman–Crippen LogP) is 2.64. The zero-order chi connectivity index (χ0) is 13.7. The second-order valence-corrected chi connectivity index (χ2v) is 6.50. The summed E-state index contributed by atoms with van der Waals surface area (Å²) >= 11 is 0. The summed E-state index contributed by atoms with van der Waals surface area (Å²) in [7, 11) is 0. The van der Waals surface area contributed by atoms with Crippen LogP contribution in [0.1, 0.15) is 52.4 Å². The number of nitrogens with zero attached hydrogens (tertiary/aromatic N) is 1. The second-order valence-electron chi connectivity index (χ2n) is 6.50. The second kappa shape index (κ2) is 7.05. The lowest BCUT2D eigenvalue weighted by Gasteiger charge is -2.46. The van der Waals surface area contributed by atoms with Crippen molar-refractivity contribution < 1.29 is 4.74 Å². The van der Waals surface area contributed by atoms with Crippen LogP contribution in [0, 0.1) is 11.3 Å². The molecule has 0 spiro atoms. The molecule has 0 aromatic carbocycles. The largest absolute Gasteiger partial charge is 0.381 e. The van der Waals surface area contributed by atoms with Gasteiger partial charge in [0.05, 0.1) is 0 Å². The molecule has 2 aliphatic rings. The molecule has 2 rings (SSSR count). The monoisotopic (exact) mass is 268 g/mol. The number of ether oxygens (including phenoxy) is 1. The molecular weight excluding hydrogens is 236 g/mol. The van der Waals surface area contributed by atoms with Gasteiger partial charge < -0.3 is 10.5 Å². The number of piperidine rings is 1. The summed E-state index contributed by atoms with van der Waals surface area (Å²) in [6.45, 7) is 9.90. The Labute approximate surface area is 118 Å². The standard InChI is InChI=1S/C16H32N2O/c1-3-16(4-2)7-9-18(10-8-16)15(13-17)14-5-11-19-12-6-14/h14-15H,3-13,17H2,1-2H3. The van der Waals surface area contributed by atoms with Gasteiger partial charge in [0.1, 0.15) is 0 Å². The molecule has 3 nitrogen and oxygen atoms in total. The lowest BCUT2D eigenvalue weighted by molar-refractivity contribution is 0.00323. The lowest BCUT2D eigenvalue weighted by Crippen LogP contribution is -2.51. The molecule has 1 atom stereocenters. The fourth-order valence-corrected chi connectivity index (χ4v) is 4.03. The molecule has 0 aromatic rings. The average molecular weight is 268 g/mol. The maximum Gasteiger partial charge on any atom is 0.0469 e. The summed E-state index contributed by atoms with van der Waals surface area (Å²) in [6, 6.07) is 0.593. The van der Waals surface area contributed by atoms with Crippen molar-refractivity contribution in [1.29, 1.82) is 0 Å². The zero-order valence-electron chi connectivity index (χ0n) is 12.9. The Hall–Kier alpha value is -0.120. The Balaban J connectivity index is 1.90. The van der Waals surface area contributed by atoms with Gasteiger partial charge in [-0.1, -0.05) is 26.7 Å². The molecule has 2 saturated heterocycles. The molecule has 112 valence electrons. The van der Waals surface area contributed by atoms with Gasteiger partial charge in [0, 0.05) is 25.8 Å². The maximum atomic E-state index is 6.08. The normalized spacial score (nSPS) is 27.3. The van der Waals surface area contributed by atoms with E-state index in [0.29, 0.717) is 11.5 Å². The number of rotatable bonds is 5. The van der Waals surface area contributed by atoms with Gasteiger partial charge in [-0.2, -0.15) is 0 Å². The molecule has 0 aromatic heterocycles. The molecule has 1 unspecified atom stereocenters. The van der Waals surface area contributed by atoms with E-state index in [4.69, 9.17) is 10.5 Å². The van der Waals surface area contributed by atoms with Crippen LogP contribution in [0.15, 0.2) is 0 Å². The van der Waals surface area contributed by atoms with E-state index in [-0.39, 0.29) is 0 Å². The Bertz CT molecular complexity index is 249. The summed E-state index contributed by atoms with van der Waals surface area (Å²) in [4.78, 5) is 2.68. The van der Waals surface area contributed by atoms with Gasteiger partial charge in [0.25, 0.3) is 0 Å². The van der Waals surface area contributed by atoms with E-state index in [9.17, 15) is 0 Å². The molecule has 0 saturated carbocycles. The number of likely N-dealkylation sites (tertiary alicyclic amines) is 1. The van der Waals surface area contributed by atoms with Crippen molar-refractivity contribution in [3.8, 4) is 0 Å². The van der Waals surface area contributed by atoms with Crippen LogP contribution in [0.3, 0.4) is 0 Å². The molecular formula is C16H32N2O. The highest BCUT2D eigenvalue weighted by atomic mass is 16.5. The number of hydrogen-bond acceptors (Lipinski definition) is 3. The minimum absolute atomic E-state index is 0.593. The van der Waals surface area contributed by atoms with Crippen LogP contribution < -0.4 is 5.73 Å². The van der Waals surface area contributed by atoms with Gasteiger partial charge >= 0.3 is 0 Å². The Morgan fingerprint density at radius 1 is 1.16 bits per heavy atom. The summed E-state index contributed by atoms with van der Waals surface area (Å²) < 4.78 is 5.49. The molecule has 3 heteroatoms. The Morgan fingerprint density at radius 3 is 2.21 bits per heavy atom. The molecule has 2 N–H and O–H groups in total. The van der Waals surface area contributed by atoms with Crippen LogP contribution in [0.25, 0.3) is 0 Å².